The van der Waals surface area contributed by atoms with Crippen LogP contribution in [0.2, 0.25) is 0 Å². The molecule has 9 heteroatoms. The summed E-state index contributed by atoms with van der Waals surface area (Å²) in [5.74, 6) is -0.527. The maximum Gasteiger partial charge on any atom is 0.264 e. The Morgan fingerprint density at radius 3 is 2.17 bits per heavy atom. The van der Waals surface area contributed by atoms with E-state index in [1.165, 1.54) is 19.2 Å². The number of nitrogens with one attached hydrogen (secondary N) is 1. The summed E-state index contributed by atoms with van der Waals surface area (Å²) in [5.41, 5.74) is 0.826. The van der Waals surface area contributed by atoms with Crippen LogP contribution >= 0.6 is 22.6 Å². The summed E-state index contributed by atoms with van der Waals surface area (Å²) in [4.78, 5) is 12.5. The zero-order valence-electron chi connectivity index (χ0n) is 15.9. The Labute approximate surface area is 187 Å². The molecule has 0 atom stereocenters. The minimum Gasteiger partial charge on any atom is -0.497 e. The monoisotopic (exact) mass is 540 g/mol. The van der Waals surface area contributed by atoms with Crippen molar-refractivity contribution < 1.29 is 22.3 Å². The number of nitrogens with zero attached hydrogens (tertiary/aromatic N) is 1. The van der Waals surface area contributed by atoms with E-state index >= 15 is 0 Å². The highest BCUT2D eigenvalue weighted by Crippen LogP contribution is 2.26. The first-order chi connectivity index (χ1) is 14.3. The average Bonchev–Trinajstić information content (AvgIpc) is 2.74. The van der Waals surface area contributed by atoms with Gasteiger partial charge in [0.05, 0.1) is 17.7 Å². The van der Waals surface area contributed by atoms with Crippen LogP contribution in [0.4, 0.5) is 15.8 Å². The maximum absolute atomic E-state index is 13.3. The topological polar surface area (TPSA) is 75.7 Å². The van der Waals surface area contributed by atoms with Crippen LogP contribution in [-0.4, -0.2) is 28.0 Å². The third kappa shape index (κ3) is 5.28. The number of amides is 1. The van der Waals surface area contributed by atoms with Crippen molar-refractivity contribution in [3.63, 3.8) is 0 Å². The van der Waals surface area contributed by atoms with Gasteiger partial charge in [-0.15, -0.1) is 0 Å². The molecule has 156 valence electrons. The lowest BCUT2D eigenvalue weighted by Crippen LogP contribution is -2.38. The summed E-state index contributed by atoms with van der Waals surface area (Å²) in [6.07, 6.45) is 0. The molecule has 0 bridgehead atoms. The molecule has 3 aromatic rings. The molecule has 0 aliphatic heterocycles. The largest absolute Gasteiger partial charge is 0.497 e. The molecule has 0 saturated heterocycles. The number of carbonyl (C=O) groups is 1. The second-order valence-electron chi connectivity index (χ2n) is 6.22. The smallest absolute Gasteiger partial charge is 0.264 e. The molecule has 0 unspecified atom stereocenters. The van der Waals surface area contributed by atoms with Crippen molar-refractivity contribution >= 4 is 49.9 Å². The van der Waals surface area contributed by atoms with Crippen molar-refractivity contribution in [2.45, 2.75) is 4.90 Å². The maximum atomic E-state index is 13.3. The Morgan fingerprint density at radius 2 is 1.60 bits per heavy atom. The molecule has 0 heterocycles. The van der Waals surface area contributed by atoms with Gasteiger partial charge in [-0.05, 0) is 95.4 Å². The molecule has 0 radical (unpaired) electrons. The van der Waals surface area contributed by atoms with Crippen LogP contribution in [0.3, 0.4) is 0 Å². The molecule has 1 amide bonds. The van der Waals surface area contributed by atoms with Crippen molar-refractivity contribution in [2.24, 2.45) is 0 Å². The van der Waals surface area contributed by atoms with Gasteiger partial charge in [0.1, 0.15) is 18.1 Å². The highest BCUT2D eigenvalue weighted by Gasteiger charge is 2.27. The van der Waals surface area contributed by atoms with Gasteiger partial charge >= 0.3 is 0 Å². The standard InChI is InChI=1S/C21H18FIN2O4S/c1-29-19-10-8-18(9-11-19)25(30(27,28)20-12-2-15(22)3-13-20)14-21(26)24-17-6-4-16(23)5-7-17/h2-13H,14H2,1H3,(H,24,26). The Kier molecular flexibility index (Phi) is 6.93. The zero-order valence-corrected chi connectivity index (χ0v) is 18.9. The Bertz CT molecular complexity index is 1120. The molecule has 0 spiro atoms. The molecule has 0 aromatic heterocycles. The number of sulfonamides is 1. The summed E-state index contributed by atoms with van der Waals surface area (Å²) in [7, 11) is -2.62. The predicted octanol–water partition coefficient (Wildman–Crippen LogP) is 4.27. The Balaban J connectivity index is 1.93. The Hall–Kier alpha value is -2.66. The number of hydrogen-bond donors (Lipinski definition) is 1. The number of methoxy groups -OCH3 is 1. The SMILES string of the molecule is COc1ccc(N(CC(=O)Nc2ccc(I)cc2)S(=O)(=O)c2ccc(F)cc2)cc1. The van der Waals surface area contributed by atoms with Gasteiger partial charge in [-0.25, -0.2) is 12.8 Å². The lowest BCUT2D eigenvalue weighted by Gasteiger charge is -2.24. The molecular formula is C21H18FIN2O4S. The van der Waals surface area contributed by atoms with Gasteiger partial charge in [-0.1, -0.05) is 0 Å². The Morgan fingerprint density at radius 1 is 1.00 bits per heavy atom. The van der Waals surface area contributed by atoms with E-state index in [9.17, 15) is 17.6 Å². The van der Waals surface area contributed by atoms with E-state index in [0.717, 1.165) is 32.1 Å². The first-order valence-corrected chi connectivity index (χ1v) is 11.3. The molecule has 0 saturated carbocycles. The van der Waals surface area contributed by atoms with E-state index < -0.39 is 28.3 Å². The summed E-state index contributed by atoms with van der Waals surface area (Å²) in [6.45, 7) is -0.460. The van der Waals surface area contributed by atoms with Crippen molar-refractivity contribution in [1.29, 1.82) is 0 Å². The number of carbonyl (C=O) groups excluding carboxylic acids is 1. The summed E-state index contributed by atoms with van der Waals surface area (Å²) in [5, 5.41) is 2.69. The minimum absolute atomic E-state index is 0.123. The highest BCUT2D eigenvalue weighted by molar-refractivity contribution is 14.1. The predicted molar refractivity (Wildman–Crippen MR) is 122 cm³/mol. The molecule has 6 nitrogen and oxygen atoms in total. The fourth-order valence-electron chi connectivity index (χ4n) is 2.66. The lowest BCUT2D eigenvalue weighted by molar-refractivity contribution is -0.114. The van der Waals surface area contributed by atoms with Crippen LogP contribution in [0.5, 0.6) is 5.75 Å². The number of anilines is 2. The van der Waals surface area contributed by atoms with Crippen LogP contribution < -0.4 is 14.4 Å². The minimum atomic E-state index is -4.12. The third-order valence-corrected chi connectivity index (χ3v) is 6.68. The summed E-state index contributed by atoms with van der Waals surface area (Å²) >= 11 is 2.15. The third-order valence-electron chi connectivity index (χ3n) is 4.18. The lowest BCUT2D eigenvalue weighted by atomic mass is 10.3. The summed E-state index contributed by atoms with van der Waals surface area (Å²) < 4.78 is 46.8. The van der Waals surface area contributed by atoms with Crippen molar-refractivity contribution in [2.75, 3.05) is 23.3 Å². The van der Waals surface area contributed by atoms with E-state index in [1.54, 1.807) is 24.3 Å². The number of rotatable bonds is 7. The van der Waals surface area contributed by atoms with E-state index in [-0.39, 0.29) is 10.6 Å². The van der Waals surface area contributed by atoms with Crippen LogP contribution in [0, 0.1) is 9.39 Å². The van der Waals surface area contributed by atoms with Gasteiger partial charge in [-0.2, -0.15) is 0 Å². The number of halogens is 2. The van der Waals surface area contributed by atoms with Gasteiger partial charge in [0.25, 0.3) is 10.0 Å². The number of hydrogen-bond acceptors (Lipinski definition) is 4. The fourth-order valence-corrected chi connectivity index (χ4v) is 4.44. The normalized spacial score (nSPS) is 11.0. The van der Waals surface area contributed by atoms with Crippen molar-refractivity contribution in [1.82, 2.24) is 0 Å². The van der Waals surface area contributed by atoms with E-state index in [1.807, 2.05) is 12.1 Å². The van der Waals surface area contributed by atoms with E-state index in [0.29, 0.717) is 11.4 Å². The first kappa shape index (κ1) is 22.0. The molecule has 0 aliphatic rings. The van der Waals surface area contributed by atoms with Gasteiger partial charge in [-0.3, -0.25) is 9.10 Å². The molecular weight excluding hydrogens is 522 g/mol. The molecule has 0 aliphatic carbocycles. The van der Waals surface area contributed by atoms with Crippen molar-refractivity contribution in [3.05, 3.63) is 82.2 Å². The molecule has 3 aromatic carbocycles. The second kappa shape index (κ2) is 9.43. The van der Waals surface area contributed by atoms with Gasteiger partial charge < -0.3 is 10.1 Å². The van der Waals surface area contributed by atoms with E-state index in [4.69, 9.17) is 4.74 Å². The average molecular weight is 540 g/mol. The molecule has 3 rings (SSSR count). The molecule has 30 heavy (non-hydrogen) atoms. The molecule has 1 N–H and O–H groups in total. The van der Waals surface area contributed by atoms with Gasteiger partial charge in [0.15, 0.2) is 0 Å². The number of benzene rings is 3. The fraction of sp³-hybridized carbons (Fsp3) is 0.0952. The highest BCUT2D eigenvalue weighted by atomic mass is 127. The number of ether oxygens (including phenoxy) is 1. The molecule has 0 fully saturated rings. The van der Waals surface area contributed by atoms with Crippen LogP contribution in [0.1, 0.15) is 0 Å². The van der Waals surface area contributed by atoms with Gasteiger partial charge in [0.2, 0.25) is 5.91 Å². The van der Waals surface area contributed by atoms with Crippen LogP contribution in [0.25, 0.3) is 0 Å². The van der Waals surface area contributed by atoms with Crippen LogP contribution in [-0.2, 0) is 14.8 Å². The second-order valence-corrected chi connectivity index (χ2v) is 9.33. The van der Waals surface area contributed by atoms with Crippen molar-refractivity contribution in [3.8, 4) is 5.75 Å². The van der Waals surface area contributed by atoms with Gasteiger partial charge in [0, 0.05) is 9.26 Å². The van der Waals surface area contributed by atoms with Crippen LogP contribution in [0.15, 0.2) is 77.7 Å². The van der Waals surface area contributed by atoms with E-state index in [2.05, 4.69) is 27.9 Å². The summed E-state index contributed by atoms with van der Waals surface area (Å²) in [6, 6.07) is 17.8. The zero-order chi connectivity index (χ0) is 21.7. The first-order valence-electron chi connectivity index (χ1n) is 8.77. The quantitative estimate of drug-likeness (QED) is 0.455.